The molecule has 4 nitrogen and oxygen atoms in total. The number of amides is 1. The number of aromatic nitrogens is 2. The smallest absolute Gasteiger partial charge is 0.265 e. The van der Waals surface area contributed by atoms with Gasteiger partial charge in [0.15, 0.2) is 0 Å². The van der Waals surface area contributed by atoms with Crippen molar-refractivity contribution in [2.24, 2.45) is 0 Å². The number of hydrogen-bond acceptors (Lipinski definition) is 4. The van der Waals surface area contributed by atoms with Gasteiger partial charge in [-0.05, 0) is 12.1 Å². The summed E-state index contributed by atoms with van der Waals surface area (Å²) in [6.07, 6.45) is 5.06. The molecule has 0 spiro atoms. The van der Waals surface area contributed by atoms with Crippen molar-refractivity contribution >= 4 is 17.2 Å². The summed E-state index contributed by atoms with van der Waals surface area (Å²) in [5, 5.41) is 0.818. The van der Waals surface area contributed by atoms with E-state index in [4.69, 9.17) is 0 Å². The highest BCUT2D eigenvalue weighted by Crippen LogP contribution is 2.24. The molecule has 2 rings (SSSR count). The van der Waals surface area contributed by atoms with Crippen molar-refractivity contribution in [1.29, 1.82) is 0 Å². The van der Waals surface area contributed by atoms with Gasteiger partial charge in [0.25, 0.3) is 5.91 Å². The lowest BCUT2D eigenvalue weighted by Gasteiger charge is -2.06. The summed E-state index contributed by atoms with van der Waals surface area (Å²) >= 11 is 1.38. The standard InChI is InChI=1S/C11H11N3OS/c1-14(2)11(15)9-7-13-10(16-9)8-4-3-5-12-6-8/h3-7H,1-2H3. The van der Waals surface area contributed by atoms with Crippen molar-refractivity contribution in [3.05, 3.63) is 35.6 Å². The largest absolute Gasteiger partial charge is 0.344 e. The Balaban J connectivity index is 2.30. The summed E-state index contributed by atoms with van der Waals surface area (Å²) in [7, 11) is 3.46. The van der Waals surface area contributed by atoms with Crippen LogP contribution >= 0.6 is 11.3 Å². The summed E-state index contributed by atoms with van der Waals surface area (Å²) in [6.45, 7) is 0. The third-order valence-electron chi connectivity index (χ3n) is 2.03. The van der Waals surface area contributed by atoms with Crippen LogP contribution in [0.15, 0.2) is 30.7 Å². The Bertz CT molecular complexity index is 493. The number of carbonyl (C=O) groups excluding carboxylic acids is 1. The topological polar surface area (TPSA) is 46.1 Å². The molecule has 0 radical (unpaired) electrons. The fourth-order valence-corrected chi connectivity index (χ4v) is 2.14. The Kier molecular flexibility index (Phi) is 2.96. The molecule has 0 bridgehead atoms. The van der Waals surface area contributed by atoms with Crippen molar-refractivity contribution in [3.63, 3.8) is 0 Å². The van der Waals surface area contributed by atoms with Gasteiger partial charge in [0.1, 0.15) is 9.88 Å². The molecule has 0 aromatic carbocycles. The maximum Gasteiger partial charge on any atom is 0.265 e. The fraction of sp³-hybridized carbons (Fsp3) is 0.182. The zero-order valence-electron chi connectivity index (χ0n) is 9.04. The van der Waals surface area contributed by atoms with Crippen molar-refractivity contribution in [1.82, 2.24) is 14.9 Å². The first-order valence-electron chi connectivity index (χ1n) is 4.76. The molecule has 5 heteroatoms. The summed E-state index contributed by atoms with van der Waals surface area (Å²) in [6, 6.07) is 3.78. The van der Waals surface area contributed by atoms with Crippen LogP contribution in [0.25, 0.3) is 10.6 Å². The Morgan fingerprint density at radius 1 is 1.38 bits per heavy atom. The van der Waals surface area contributed by atoms with Gasteiger partial charge in [-0.15, -0.1) is 11.3 Å². The van der Waals surface area contributed by atoms with E-state index < -0.39 is 0 Å². The van der Waals surface area contributed by atoms with Crippen LogP contribution < -0.4 is 0 Å². The lowest BCUT2D eigenvalue weighted by molar-refractivity contribution is 0.0832. The number of pyridine rings is 1. The van der Waals surface area contributed by atoms with E-state index in [-0.39, 0.29) is 5.91 Å². The molecule has 2 heterocycles. The van der Waals surface area contributed by atoms with Gasteiger partial charge in [0.2, 0.25) is 0 Å². The van der Waals surface area contributed by atoms with Gasteiger partial charge >= 0.3 is 0 Å². The van der Waals surface area contributed by atoms with Gasteiger partial charge in [-0.3, -0.25) is 9.78 Å². The van der Waals surface area contributed by atoms with Gasteiger partial charge in [0, 0.05) is 32.1 Å². The molecular formula is C11H11N3OS. The average Bonchev–Trinajstić information content (AvgIpc) is 2.78. The van der Waals surface area contributed by atoms with E-state index in [2.05, 4.69) is 9.97 Å². The van der Waals surface area contributed by atoms with Gasteiger partial charge < -0.3 is 4.90 Å². The number of rotatable bonds is 2. The molecule has 0 atom stereocenters. The van der Waals surface area contributed by atoms with Crippen molar-refractivity contribution in [2.75, 3.05) is 14.1 Å². The first kappa shape index (κ1) is 10.8. The molecule has 0 fully saturated rings. The van der Waals surface area contributed by atoms with E-state index in [0.29, 0.717) is 4.88 Å². The van der Waals surface area contributed by atoms with Crippen molar-refractivity contribution in [3.8, 4) is 10.6 Å². The third kappa shape index (κ3) is 2.09. The highest BCUT2D eigenvalue weighted by Gasteiger charge is 2.12. The molecule has 0 saturated carbocycles. The highest BCUT2D eigenvalue weighted by atomic mass is 32.1. The quantitative estimate of drug-likeness (QED) is 0.796. The summed E-state index contributed by atoms with van der Waals surface area (Å²) in [5.74, 6) is -0.0207. The predicted octanol–water partition coefficient (Wildman–Crippen LogP) is 1.91. The number of hydrogen-bond donors (Lipinski definition) is 0. The average molecular weight is 233 g/mol. The van der Waals surface area contributed by atoms with E-state index in [1.807, 2.05) is 12.1 Å². The molecule has 82 valence electrons. The van der Waals surface area contributed by atoms with Crippen LogP contribution in [0, 0.1) is 0 Å². The van der Waals surface area contributed by atoms with E-state index in [1.165, 1.54) is 11.3 Å². The maximum atomic E-state index is 11.7. The minimum Gasteiger partial charge on any atom is -0.344 e. The molecule has 2 aromatic rings. The van der Waals surface area contributed by atoms with Crippen molar-refractivity contribution < 1.29 is 4.79 Å². The molecule has 0 aliphatic rings. The van der Waals surface area contributed by atoms with Crippen molar-refractivity contribution in [2.45, 2.75) is 0 Å². The Morgan fingerprint density at radius 2 is 2.19 bits per heavy atom. The fourth-order valence-electron chi connectivity index (χ4n) is 1.22. The van der Waals surface area contributed by atoms with Crippen LogP contribution in [0.2, 0.25) is 0 Å². The van der Waals surface area contributed by atoms with Crippen LogP contribution in [0.3, 0.4) is 0 Å². The summed E-state index contributed by atoms with van der Waals surface area (Å²) in [4.78, 5) is 22.1. The monoisotopic (exact) mass is 233 g/mol. The molecule has 0 aliphatic heterocycles. The maximum absolute atomic E-state index is 11.7. The van der Waals surface area contributed by atoms with Gasteiger partial charge in [-0.1, -0.05) is 0 Å². The minimum absolute atomic E-state index is 0.0207. The number of thiazole rings is 1. The van der Waals surface area contributed by atoms with Crippen LogP contribution in [0.5, 0.6) is 0 Å². The Hall–Kier alpha value is -1.75. The second-order valence-corrected chi connectivity index (χ2v) is 4.50. The SMILES string of the molecule is CN(C)C(=O)c1cnc(-c2cccnc2)s1. The molecule has 16 heavy (non-hydrogen) atoms. The van der Waals surface area contributed by atoms with E-state index in [0.717, 1.165) is 10.6 Å². The molecule has 0 unspecified atom stereocenters. The first-order valence-corrected chi connectivity index (χ1v) is 5.58. The molecule has 0 saturated heterocycles. The minimum atomic E-state index is -0.0207. The van der Waals surface area contributed by atoms with E-state index >= 15 is 0 Å². The van der Waals surface area contributed by atoms with Gasteiger partial charge in [-0.2, -0.15) is 0 Å². The van der Waals surface area contributed by atoms with E-state index in [9.17, 15) is 4.79 Å². The lowest BCUT2D eigenvalue weighted by Crippen LogP contribution is -2.20. The van der Waals surface area contributed by atoms with E-state index in [1.54, 1.807) is 37.6 Å². The van der Waals surface area contributed by atoms with Gasteiger partial charge in [-0.25, -0.2) is 4.98 Å². The normalized spacial score (nSPS) is 10.1. The second-order valence-electron chi connectivity index (χ2n) is 3.47. The lowest BCUT2D eigenvalue weighted by atomic mass is 10.3. The highest BCUT2D eigenvalue weighted by molar-refractivity contribution is 7.16. The molecule has 1 amide bonds. The second kappa shape index (κ2) is 4.40. The van der Waals surface area contributed by atoms with Crippen LogP contribution in [-0.4, -0.2) is 34.9 Å². The Morgan fingerprint density at radius 3 is 2.81 bits per heavy atom. The Labute approximate surface area is 97.6 Å². The first-order chi connectivity index (χ1) is 7.68. The van der Waals surface area contributed by atoms with Gasteiger partial charge in [0.05, 0.1) is 6.20 Å². The number of nitrogens with zero attached hydrogens (tertiary/aromatic N) is 3. The molecule has 0 aliphatic carbocycles. The summed E-state index contributed by atoms with van der Waals surface area (Å²) in [5.41, 5.74) is 0.935. The zero-order chi connectivity index (χ0) is 11.5. The summed E-state index contributed by atoms with van der Waals surface area (Å²) < 4.78 is 0. The molecular weight excluding hydrogens is 222 g/mol. The van der Waals surface area contributed by atoms with Crippen LogP contribution in [0.4, 0.5) is 0 Å². The zero-order valence-corrected chi connectivity index (χ0v) is 9.86. The predicted molar refractivity (Wildman–Crippen MR) is 63.4 cm³/mol. The van der Waals surface area contributed by atoms with Crippen LogP contribution in [-0.2, 0) is 0 Å². The van der Waals surface area contributed by atoms with Crippen LogP contribution in [0.1, 0.15) is 9.67 Å². The number of carbonyl (C=O) groups is 1. The third-order valence-corrected chi connectivity index (χ3v) is 3.07. The molecule has 0 N–H and O–H groups in total. The molecule has 2 aromatic heterocycles.